The van der Waals surface area contributed by atoms with Gasteiger partial charge in [0.1, 0.15) is 5.75 Å². The predicted octanol–water partition coefficient (Wildman–Crippen LogP) is 3.05. The average molecular weight is 288 g/mol. The lowest BCUT2D eigenvalue weighted by Gasteiger charge is -2.14. The molecule has 1 aromatic carbocycles. The van der Waals surface area contributed by atoms with E-state index in [1.54, 1.807) is 0 Å². The zero-order valence-electron chi connectivity index (χ0n) is 13.2. The lowest BCUT2D eigenvalue weighted by molar-refractivity contribution is 0.174. The van der Waals surface area contributed by atoms with Crippen molar-refractivity contribution < 1.29 is 9.84 Å². The van der Waals surface area contributed by atoms with Gasteiger partial charge in [0.05, 0.1) is 17.9 Å². The van der Waals surface area contributed by atoms with Crippen molar-refractivity contribution in [2.24, 2.45) is 7.05 Å². The maximum absolute atomic E-state index is 10.4. The summed E-state index contributed by atoms with van der Waals surface area (Å²) in [5, 5.41) is 14.9. The fourth-order valence-electron chi connectivity index (χ4n) is 2.32. The van der Waals surface area contributed by atoms with Crippen LogP contribution in [-0.2, 0) is 19.9 Å². The van der Waals surface area contributed by atoms with E-state index in [2.05, 4.69) is 18.1 Å². The Morgan fingerprint density at radius 1 is 1.29 bits per heavy atom. The van der Waals surface area contributed by atoms with E-state index in [0.29, 0.717) is 6.42 Å². The first-order valence-corrected chi connectivity index (χ1v) is 7.46. The lowest BCUT2D eigenvalue weighted by Crippen LogP contribution is -2.08. The normalized spacial score (nSPS) is 12.7. The van der Waals surface area contributed by atoms with E-state index >= 15 is 0 Å². The van der Waals surface area contributed by atoms with Gasteiger partial charge in [-0.05, 0) is 44.0 Å². The van der Waals surface area contributed by atoms with Crippen molar-refractivity contribution in [1.29, 1.82) is 0 Å². The summed E-state index contributed by atoms with van der Waals surface area (Å²) in [5.74, 6) is 0.792. The molecule has 1 heterocycles. The Balaban J connectivity index is 2.12. The van der Waals surface area contributed by atoms with E-state index in [-0.39, 0.29) is 6.10 Å². The second-order valence-electron chi connectivity index (χ2n) is 5.56. The van der Waals surface area contributed by atoms with Gasteiger partial charge < -0.3 is 9.84 Å². The number of aliphatic hydroxyl groups excluding tert-OH is 1. The van der Waals surface area contributed by atoms with Crippen LogP contribution in [0.25, 0.3) is 0 Å². The molecule has 1 unspecified atom stereocenters. The third-order valence-corrected chi connectivity index (χ3v) is 3.41. The molecule has 1 N–H and O–H groups in total. The molecule has 0 amide bonds. The summed E-state index contributed by atoms with van der Waals surface area (Å²) < 4.78 is 7.52. The van der Waals surface area contributed by atoms with Crippen molar-refractivity contribution in [3.63, 3.8) is 0 Å². The smallest absolute Gasteiger partial charge is 0.120 e. The molecule has 0 saturated carbocycles. The SMILES string of the molecule is CCc1cc(CC(O)c2cccc(OC(C)C)c2)n(C)n1. The number of aliphatic hydroxyl groups is 1. The zero-order valence-corrected chi connectivity index (χ0v) is 13.2. The van der Waals surface area contributed by atoms with Crippen LogP contribution in [0.1, 0.15) is 43.8 Å². The number of benzene rings is 1. The summed E-state index contributed by atoms with van der Waals surface area (Å²) in [4.78, 5) is 0. The van der Waals surface area contributed by atoms with Crippen LogP contribution < -0.4 is 4.74 Å². The van der Waals surface area contributed by atoms with Crippen molar-refractivity contribution in [2.75, 3.05) is 0 Å². The summed E-state index contributed by atoms with van der Waals surface area (Å²) in [5.41, 5.74) is 2.96. The number of hydrogen-bond donors (Lipinski definition) is 1. The fraction of sp³-hybridized carbons (Fsp3) is 0.471. The van der Waals surface area contributed by atoms with Crippen LogP contribution in [0.2, 0.25) is 0 Å². The highest BCUT2D eigenvalue weighted by Crippen LogP contribution is 2.23. The van der Waals surface area contributed by atoms with Gasteiger partial charge in [-0.2, -0.15) is 5.10 Å². The highest BCUT2D eigenvalue weighted by Gasteiger charge is 2.13. The van der Waals surface area contributed by atoms with Crippen LogP contribution in [0.5, 0.6) is 5.75 Å². The molecule has 0 spiro atoms. The number of aromatic nitrogens is 2. The molecule has 1 aromatic heterocycles. The zero-order chi connectivity index (χ0) is 15.4. The first-order chi connectivity index (χ1) is 9.99. The summed E-state index contributed by atoms with van der Waals surface area (Å²) in [6, 6.07) is 9.71. The van der Waals surface area contributed by atoms with Crippen LogP contribution in [0.4, 0.5) is 0 Å². The van der Waals surface area contributed by atoms with Crippen molar-refractivity contribution in [3.8, 4) is 5.75 Å². The Kier molecular flexibility index (Phi) is 5.02. The molecule has 4 nitrogen and oxygen atoms in total. The van der Waals surface area contributed by atoms with Crippen molar-refractivity contribution in [3.05, 3.63) is 47.3 Å². The number of rotatable bonds is 6. The van der Waals surface area contributed by atoms with Gasteiger partial charge in [0.25, 0.3) is 0 Å². The molecule has 0 bridgehead atoms. The van der Waals surface area contributed by atoms with Gasteiger partial charge in [-0.3, -0.25) is 4.68 Å². The van der Waals surface area contributed by atoms with Crippen LogP contribution in [-0.4, -0.2) is 21.0 Å². The van der Waals surface area contributed by atoms with Crippen molar-refractivity contribution in [1.82, 2.24) is 9.78 Å². The second-order valence-corrected chi connectivity index (χ2v) is 5.56. The lowest BCUT2D eigenvalue weighted by atomic mass is 10.0. The van der Waals surface area contributed by atoms with Gasteiger partial charge in [-0.15, -0.1) is 0 Å². The minimum absolute atomic E-state index is 0.126. The molecule has 2 aromatic rings. The van der Waals surface area contributed by atoms with Gasteiger partial charge in [0.15, 0.2) is 0 Å². The van der Waals surface area contributed by atoms with E-state index in [4.69, 9.17) is 4.74 Å². The molecule has 0 radical (unpaired) electrons. The molecule has 4 heteroatoms. The third kappa shape index (κ3) is 4.08. The van der Waals surface area contributed by atoms with Gasteiger partial charge in [0, 0.05) is 19.2 Å². The van der Waals surface area contributed by atoms with Gasteiger partial charge >= 0.3 is 0 Å². The van der Waals surface area contributed by atoms with Crippen LogP contribution in [0.15, 0.2) is 30.3 Å². The number of hydrogen-bond acceptors (Lipinski definition) is 3. The van der Waals surface area contributed by atoms with Crippen molar-refractivity contribution in [2.45, 2.75) is 45.8 Å². The monoisotopic (exact) mass is 288 g/mol. The standard InChI is InChI=1S/C17H24N2O2/c1-5-14-10-15(19(4)18-14)11-17(20)13-7-6-8-16(9-13)21-12(2)3/h6-10,12,17,20H,5,11H2,1-4H3. The maximum atomic E-state index is 10.4. The summed E-state index contributed by atoms with van der Waals surface area (Å²) >= 11 is 0. The summed E-state index contributed by atoms with van der Waals surface area (Å²) in [7, 11) is 1.92. The molecule has 0 saturated heterocycles. The van der Waals surface area contributed by atoms with Gasteiger partial charge in [-0.25, -0.2) is 0 Å². The first kappa shape index (κ1) is 15.6. The van der Waals surface area contributed by atoms with Crippen LogP contribution >= 0.6 is 0 Å². The third-order valence-electron chi connectivity index (χ3n) is 3.41. The van der Waals surface area contributed by atoms with E-state index in [1.165, 1.54) is 0 Å². The summed E-state index contributed by atoms with van der Waals surface area (Å²) in [6.45, 7) is 6.06. The van der Waals surface area contributed by atoms with Gasteiger partial charge in [-0.1, -0.05) is 19.1 Å². The fourth-order valence-corrected chi connectivity index (χ4v) is 2.32. The molecule has 21 heavy (non-hydrogen) atoms. The van der Waals surface area contributed by atoms with Crippen molar-refractivity contribution >= 4 is 0 Å². The van der Waals surface area contributed by atoms with Crippen LogP contribution in [0, 0.1) is 0 Å². The second kappa shape index (κ2) is 6.76. The number of nitrogens with zero attached hydrogens (tertiary/aromatic N) is 2. The Morgan fingerprint density at radius 3 is 2.67 bits per heavy atom. The minimum atomic E-state index is -0.555. The van der Waals surface area contributed by atoms with Gasteiger partial charge in [0.2, 0.25) is 0 Å². The Hall–Kier alpha value is -1.81. The number of aryl methyl sites for hydroxylation is 2. The Morgan fingerprint density at radius 2 is 2.05 bits per heavy atom. The quantitative estimate of drug-likeness (QED) is 0.888. The highest BCUT2D eigenvalue weighted by atomic mass is 16.5. The largest absolute Gasteiger partial charge is 0.491 e. The Bertz CT molecular complexity index is 590. The molecule has 0 fully saturated rings. The molecule has 1 atom stereocenters. The van der Waals surface area contributed by atoms with Crippen LogP contribution in [0.3, 0.4) is 0 Å². The topological polar surface area (TPSA) is 47.3 Å². The molecule has 114 valence electrons. The van der Waals surface area contributed by atoms with E-state index in [0.717, 1.165) is 29.1 Å². The Labute approximate surface area is 126 Å². The highest BCUT2D eigenvalue weighted by molar-refractivity contribution is 5.30. The molecular formula is C17H24N2O2. The maximum Gasteiger partial charge on any atom is 0.120 e. The average Bonchev–Trinajstić information content (AvgIpc) is 2.79. The molecule has 0 aliphatic heterocycles. The molecule has 0 aliphatic rings. The van der Waals surface area contributed by atoms with E-state index in [1.807, 2.05) is 49.8 Å². The first-order valence-electron chi connectivity index (χ1n) is 7.46. The number of ether oxygens (including phenoxy) is 1. The van der Waals surface area contributed by atoms with E-state index < -0.39 is 6.10 Å². The molecule has 0 aliphatic carbocycles. The predicted molar refractivity (Wildman–Crippen MR) is 83.5 cm³/mol. The molecule has 2 rings (SSSR count). The minimum Gasteiger partial charge on any atom is -0.491 e. The summed E-state index contributed by atoms with van der Waals surface area (Å²) in [6.07, 6.45) is 1.03. The van der Waals surface area contributed by atoms with E-state index in [9.17, 15) is 5.11 Å². The molecular weight excluding hydrogens is 264 g/mol.